The van der Waals surface area contributed by atoms with Crippen molar-refractivity contribution < 1.29 is 14.3 Å². The Morgan fingerprint density at radius 3 is 3.05 bits per heavy atom. The molecular weight excluding hydrogens is 267 g/mol. The molecule has 0 bridgehead atoms. The summed E-state index contributed by atoms with van der Waals surface area (Å²) >= 11 is 1.75. The minimum Gasteiger partial charge on any atom is -0.409 e. The van der Waals surface area contributed by atoms with Crippen LogP contribution in [-0.2, 0) is 10.5 Å². The van der Waals surface area contributed by atoms with Crippen LogP contribution in [0.15, 0.2) is 23.4 Å². The van der Waals surface area contributed by atoms with Crippen LogP contribution in [0.4, 0.5) is 4.39 Å². The Morgan fingerprint density at radius 2 is 2.42 bits per heavy atom. The molecule has 1 aliphatic rings. The number of rotatable bonds is 4. The molecule has 1 fully saturated rings. The van der Waals surface area contributed by atoms with Crippen LogP contribution in [0.1, 0.15) is 24.5 Å². The van der Waals surface area contributed by atoms with Gasteiger partial charge >= 0.3 is 0 Å². The van der Waals surface area contributed by atoms with Gasteiger partial charge in [0.1, 0.15) is 5.82 Å². The van der Waals surface area contributed by atoms with E-state index in [-0.39, 0.29) is 11.9 Å². The lowest BCUT2D eigenvalue weighted by Gasteiger charge is -2.15. The summed E-state index contributed by atoms with van der Waals surface area (Å²) in [6, 6.07) is 4.36. The summed E-state index contributed by atoms with van der Waals surface area (Å²) < 4.78 is 18.7. The van der Waals surface area contributed by atoms with Crippen molar-refractivity contribution in [3.8, 4) is 0 Å². The fraction of sp³-hybridized carbons (Fsp3) is 0.462. The Hall–Kier alpha value is -1.27. The molecule has 1 aliphatic heterocycles. The fourth-order valence-electron chi connectivity index (χ4n) is 2.09. The number of hydrogen-bond acceptors (Lipinski definition) is 4. The first kappa shape index (κ1) is 14.1. The summed E-state index contributed by atoms with van der Waals surface area (Å²) in [5.74, 6) is 0.225. The van der Waals surface area contributed by atoms with Crippen molar-refractivity contribution in [2.24, 2.45) is 10.9 Å². The topological polar surface area (TPSA) is 67.8 Å². The molecule has 4 nitrogen and oxygen atoms in total. The van der Waals surface area contributed by atoms with E-state index in [1.54, 1.807) is 17.8 Å². The van der Waals surface area contributed by atoms with E-state index in [0.717, 1.165) is 18.6 Å². The maximum absolute atomic E-state index is 13.2. The third-order valence-electron chi connectivity index (χ3n) is 3.22. The van der Waals surface area contributed by atoms with Gasteiger partial charge < -0.3 is 15.7 Å². The van der Waals surface area contributed by atoms with E-state index < -0.39 is 5.82 Å². The average molecular weight is 284 g/mol. The zero-order valence-electron chi connectivity index (χ0n) is 10.7. The van der Waals surface area contributed by atoms with Crippen LogP contribution >= 0.6 is 11.8 Å². The van der Waals surface area contributed by atoms with Gasteiger partial charge in [0, 0.05) is 23.2 Å². The average Bonchev–Trinajstić information content (AvgIpc) is 2.82. The van der Waals surface area contributed by atoms with E-state index in [1.165, 1.54) is 12.1 Å². The van der Waals surface area contributed by atoms with Crippen LogP contribution in [0, 0.1) is 5.82 Å². The van der Waals surface area contributed by atoms with Crippen molar-refractivity contribution in [2.45, 2.75) is 30.5 Å². The monoisotopic (exact) mass is 284 g/mol. The Morgan fingerprint density at radius 1 is 1.63 bits per heavy atom. The van der Waals surface area contributed by atoms with Crippen molar-refractivity contribution in [1.29, 1.82) is 0 Å². The highest BCUT2D eigenvalue weighted by Crippen LogP contribution is 2.30. The third-order valence-corrected chi connectivity index (χ3v) is 4.74. The highest BCUT2D eigenvalue weighted by Gasteiger charge is 2.24. The SMILES string of the molecule is CC1OCCC1SCc1ccc(F)cc1/C(N)=N/O. The largest absolute Gasteiger partial charge is 0.409 e. The van der Waals surface area contributed by atoms with Gasteiger partial charge in [-0.2, -0.15) is 11.8 Å². The van der Waals surface area contributed by atoms with Crippen molar-refractivity contribution >= 4 is 17.6 Å². The molecule has 1 saturated heterocycles. The predicted octanol–water partition coefficient (Wildman–Crippen LogP) is 2.33. The maximum Gasteiger partial charge on any atom is 0.170 e. The van der Waals surface area contributed by atoms with Crippen LogP contribution in [0.3, 0.4) is 0 Å². The molecule has 0 spiro atoms. The van der Waals surface area contributed by atoms with Gasteiger partial charge in [-0.3, -0.25) is 0 Å². The van der Waals surface area contributed by atoms with E-state index in [9.17, 15) is 4.39 Å². The van der Waals surface area contributed by atoms with Gasteiger partial charge in [-0.05, 0) is 31.0 Å². The molecule has 6 heteroatoms. The summed E-state index contributed by atoms with van der Waals surface area (Å²) in [4.78, 5) is 0. The molecule has 2 rings (SSSR count). The predicted molar refractivity (Wildman–Crippen MR) is 74.0 cm³/mol. The van der Waals surface area contributed by atoms with Gasteiger partial charge in [-0.15, -0.1) is 0 Å². The van der Waals surface area contributed by atoms with E-state index in [1.807, 2.05) is 0 Å². The Kier molecular flexibility index (Phi) is 4.66. The van der Waals surface area contributed by atoms with Crippen LogP contribution in [0.2, 0.25) is 0 Å². The molecule has 1 aromatic rings. The number of ether oxygens (including phenoxy) is 1. The van der Waals surface area contributed by atoms with Crippen LogP contribution in [-0.4, -0.2) is 29.0 Å². The highest BCUT2D eigenvalue weighted by atomic mass is 32.2. The third kappa shape index (κ3) is 3.39. The first-order valence-corrected chi connectivity index (χ1v) is 7.16. The second-order valence-electron chi connectivity index (χ2n) is 4.50. The number of amidine groups is 1. The van der Waals surface area contributed by atoms with Gasteiger partial charge in [-0.25, -0.2) is 4.39 Å². The Labute approximate surface area is 115 Å². The summed E-state index contributed by atoms with van der Waals surface area (Å²) in [5, 5.41) is 12.1. The lowest BCUT2D eigenvalue weighted by Crippen LogP contribution is -2.17. The van der Waals surface area contributed by atoms with Gasteiger partial charge in [0.2, 0.25) is 0 Å². The number of halogens is 1. The van der Waals surface area contributed by atoms with Crippen LogP contribution in [0.25, 0.3) is 0 Å². The highest BCUT2D eigenvalue weighted by molar-refractivity contribution is 7.99. The molecule has 0 aromatic heterocycles. The minimum absolute atomic E-state index is 0.0641. The summed E-state index contributed by atoms with van der Waals surface area (Å²) in [6.07, 6.45) is 1.25. The van der Waals surface area contributed by atoms with Crippen molar-refractivity contribution in [3.63, 3.8) is 0 Å². The molecule has 0 aliphatic carbocycles. The normalized spacial score (nSPS) is 23.8. The first-order valence-electron chi connectivity index (χ1n) is 6.11. The molecule has 1 aromatic carbocycles. The fourth-order valence-corrected chi connectivity index (χ4v) is 3.35. The van der Waals surface area contributed by atoms with E-state index in [0.29, 0.717) is 16.6 Å². The lowest BCUT2D eigenvalue weighted by atomic mass is 10.1. The molecule has 1 heterocycles. The molecule has 0 radical (unpaired) electrons. The molecule has 0 saturated carbocycles. The van der Waals surface area contributed by atoms with Crippen molar-refractivity contribution in [3.05, 3.63) is 35.1 Å². The van der Waals surface area contributed by atoms with E-state index >= 15 is 0 Å². The number of nitrogens with two attached hydrogens (primary N) is 1. The summed E-state index contributed by atoms with van der Waals surface area (Å²) in [6.45, 7) is 2.84. The second-order valence-corrected chi connectivity index (χ2v) is 5.73. The zero-order valence-corrected chi connectivity index (χ0v) is 11.5. The molecular formula is C13H17FN2O2S. The van der Waals surface area contributed by atoms with E-state index in [4.69, 9.17) is 15.7 Å². The number of nitrogens with zero attached hydrogens (tertiary/aromatic N) is 1. The zero-order chi connectivity index (χ0) is 13.8. The Bertz CT molecular complexity index is 482. The van der Waals surface area contributed by atoms with Gasteiger partial charge in [0.15, 0.2) is 5.84 Å². The number of oxime groups is 1. The lowest BCUT2D eigenvalue weighted by molar-refractivity contribution is 0.127. The minimum atomic E-state index is -0.395. The van der Waals surface area contributed by atoms with Gasteiger partial charge in [0.25, 0.3) is 0 Å². The number of benzene rings is 1. The van der Waals surface area contributed by atoms with Crippen molar-refractivity contribution in [1.82, 2.24) is 0 Å². The molecule has 2 atom stereocenters. The summed E-state index contributed by atoms with van der Waals surface area (Å²) in [5.41, 5.74) is 6.88. The molecule has 0 amide bonds. The number of hydrogen-bond donors (Lipinski definition) is 2. The first-order chi connectivity index (χ1) is 9.11. The smallest absolute Gasteiger partial charge is 0.170 e. The summed E-state index contributed by atoms with van der Waals surface area (Å²) in [7, 11) is 0. The van der Waals surface area contributed by atoms with Crippen molar-refractivity contribution in [2.75, 3.05) is 6.61 Å². The quantitative estimate of drug-likeness (QED) is 0.385. The van der Waals surface area contributed by atoms with Crippen LogP contribution in [0.5, 0.6) is 0 Å². The van der Waals surface area contributed by atoms with Gasteiger partial charge in [0.05, 0.1) is 6.10 Å². The Balaban J connectivity index is 2.11. The molecule has 19 heavy (non-hydrogen) atoms. The molecule has 104 valence electrons. The van der Waals surface area contributed by atoms with Gasteiger partial charge in [-0.1, -0.05) is 11.2 Å². The molecule has 2 unspecified atom stereocenters. The van der Waals surface area contributed by atoms with Crippen LogP contribution < -0.4 is 5.73 Å². The molecule has 3 N–H and O–H groups in total. The standard InChI is InChI=1S/C13H17FN2O2S/c1-8-12(4-5-18-8)19-7-9-2-3-10(14)6-11(9)13(15)16-17/h2-3,6,8,12,17H,4-5,7H2,1H3,(H2,15,16). The maximum atomic E-state index is 13.2. The number of thioether (sulfide) groups is 1. The van der Waals surface area contributed by atoms with E-state index in [2.05, 4.69) is 12.1 Å². The second kappa shape index (κ2) is 6.25.